The maximum Gasteiger partial charge on any atom is 0.309 e. The van der Waals surface area contributed by atoms with Gasteiger partial charge in [0.2, 0.25) is 0 Å². The first kappa shape index (κ1) is 21.0. The Morgan fingerprint density at radius 1 is 1.04 bits per heavy atom. The first-order chi connectivity index (χ1) is 12.1. The van der Waals surface area contributed by atoms with Gasteiger partial charge in [-0.3, -0.25) is 4.79 Å². The Balaban J connectivity index is 1.89. The lowest BCUT2D eigenvalue weighted by Gasteiger charge is -2.19. The maximum absolute atomic E-state index is 11.3. The zero-order chi connectivity index (χ0) is 19.4. The normalized spacial score (nSPS) is 15.9. The van der Waals surface area contributed by atoms with E-state index in [9.17, 15) is 9.90 Å². The number of hydrogen-bond acceptors (Lipinski definition) is 1. The van der Waals surface area contributed by atoms with E-state index in [-0.39, 0.29) is 5.41 Å². The molecule has 1 aliphatic rings. The summed E-state index contributed by atoms with van der Waals surface area (Å²) in [5.74, 6) is -0.580. The molecule has 146 valence electrons. The molecule has 1 fully saturated rings. The Morgan fingerprint density at radius 3 is 2.27 bits per heavy atom. The minimum Gasteiger partial charge on any atom is -0.481 e. The Bertz CT molecular complexity index is 618. The number of benzene rings is 1. The molecule has 0 atom stereocenters. The SMILES string of the molecule is Cc1cc(C)c(CCCCC(C)(C)C)c(CCCCC2(C(=O)O)CC2)c1. The van der Waals surface area contributed by atoms with Gasteiger partial charge in [-0.05, 0) is 87.3 Å². The number of unbranched alkanes of at least 4 members (excludes halogenated alkanes) is 2. The molecule has 0 aromatic heterocycles. The van der Waals surface area contributed by atoms with E-state index in [1.807, 2.05) is 0 Å². The molecule has 0 aliphatic heterocycles. The van der Waals surface area contributed by atoms with Crippen LogP contribution in [0, 0.1) is 24.7 Å². The van der Waals surface area contributed by atoms with Gasteiger partial charge in [0.15, 0.2) is 0 Å². The first-order valence-corrected chi connectivity index (χ1v) is 10.5. The molecule has 0 saturated heterocycles. The first-order valence-electron chi connectivity index (χ1n) is 10.5. The van der Waals surface area contributed by atoms with Crippen LogP contribution in [0.5, 0.6) is 0 Å². The van der Waals surface area contributed by atoms with E-state index in [2.05, 4.69) is 46.8 Å². The summed E-state index contributed by atoms with van der Waals surface area (Å²) >= 11 is 0. The average Bonchev–Trinajstić information content (AvgIpc) is 3.30. The van der Waals surface area contributed by atoms with Crippen LogP contribution in [-0.4, -0.2) is 11.1 Å². The summed E-state index contributed by atoms with van der Waals surface area (Å²) in [5.41, 5.74) is 5.88. The van der Waals surface area contributed by atoms with Crippen LogP contribution in [0.25, 0.3) is 0 Å². The van der Waals surface area contributed by atoms with Crippen LogP contribution in [0.2, 0.25) is 0 Å². The second-order valence-corrected chi connectivity index (χ2v) is 9.78. The van der Waals surface area contributed by atoms with E-state index in [0.717, 1.165) is 38.5 Å². The van der Waals surface area contributed by atoms with E-state index in [1.54, 1.807) is 5.56 Å². The van der Waals surface area contributed by atoms with Crippen LogP contribution in [0.15, 0.2) is 12.1 Å². The van der Waals surface area contributed by atoms with Gasteiger partial charge in [0.25, 0.3) is 0 Å². The van der Waals surface area contributed by atoms with Crippen molar-refractivity contribution in [3.05, 3.63) is 34.4 Å². The number of carbonyl (C=O) groups is 1. The van der Waals surface area contributed by atoms with Gasteiger partial charge in [-0.15, -0.1) is 0 Å². The van der Waals surface area contributed by atoms with Crippen LogP contribution in [0.3, 0.4) is 0 Å². The fraction of sp³-hybridized carbons (Fsp3) is 0.708. The van der Waals surface area contributed by atoms with E-state index in [1.165, 1.54) is 42.4 Å². The number of aliphatic carboxylic acids is 1. The lowest BCUT2D eigenvalue weighted by atomic mass is 9.87. The van der Waals surface area contributed by atoms with Crippen molar-refractivity contribution in [2.24, 2.45) is 10.8 Å². The minimum atomic E-state index is -0.580. The second-order valence-electron chi connectivity index (χ2n) is 9.78. The highest BCUT2D eigenvalue weighted by molar-refractivity contribution is 5.77. The largest absolute Gasteiger partial charge is 0.481 e. The van der Waals surface area contributed by atoms with Crippen molar-refractivity contribution in [3.63, 3.8) is 0 Å². The van der Waals surface area contributed by atoms with Crippen molar-refractivity contribution in [1.82, 2.24) is 0 Å². The summed E-state index contributed by atoms with van der Waals surface area (Å²) in [6.07, 6.45) is 10.8. The molecule has 2 heteroatoms. The predicted octanol–water partition coefficient (Wildman–Crippen LogP) is 6.64. The van der Waals surface area contributed by atoms with Gasteiger partial charge in [0.05, 0.1) is 5.41 Å². The summed E-state index contributed by atoms with van der Waals surface area (Å²) in [7, 11) is 0. The van der Waals surface area contributed by atoms with Crippen molar-refractivity contribution in [3.8, 4) is 0 Å². The molecule has 0 bridgehead atoms. The summed E-state index contributed by atoms with van der Waals surface area (Å²) in [6, 6.07) is 4.67. The van der Waals surface area contributed by atoms with Gasteiger partial charge in [-0.2, -0.15) is 0 Å². The van der Waals surface area contributed by atoms with Crippen molar-refractivity contribution >= 4 is 5.97 Å². The molecular formula is C24H38O2. The van der Waals surface area contributed by atoms with Gasteiger partial charge in [0.1, 0.15) is 0 Å². The van der Waals surface area contributed by atoms with Crippen LogP contribution in [0.1, 0.15) is 94.4 Å². The van der Waals surface area contributed by atoms with Crippen LogP contribution in [0.4, 0.5) is 0 Å². The van der Waals surface area contributed by atoms with E-state index >= 15 is 0 Å². The summed E-state index contributed by atoms with van der Waals surface area (Å²) < 4.78 is 0. The fourth-order valence-corrected chi connectivity index (χ4v) is 4.12. The molecule has 0 unspecified atom stereocenters. The molecule has 1 aliphatic carbocycles. The molecular weight excluding hydrogens is 320 g/mol. The average molecular weight is 359 g/mol. The third-order valence-corrected chi connectivity index (χ3v) is 5.97. The summed E-state index contributed by atoms with van der Waals surface area (Å²) in [4.78, 5) is 11.3. The van der Waals surface area contributed by atoms with Crippen molar-refractivity contribution in [2.75, 3.05) is 0 Å². The van der Waals surface area contributed by atoms with E-state index < -0.39 is 5.97 Å². The van der Waals surface area contributed by atoms with Crippen molar-refractivity contribution in [1.29, 1.82) is 0 Å². The number of carboxylic acid groups (broad SMARTS) is 1. The second kappa shape index (κ2) is 8.59. The van der Waals surface area contributed by atoms with E-state index in [0.29, 0.717) is 5.41 Å². The van der Waals surface area contributed by atoms with E-state index in [4.69, 9.17) is 0 Å². The highest BCUT2D eigenvalue weighted by atomic mass is 16.4. The molecule has 0 amide bonds. The molecule has 2 nitrogen and oxygen atoms in total. The third-order valence-electron chi connectivity index (χ3n) is 5.97. The molecule has 0 spiro atoms. The Kier molecular flexibility index (Phi) is 6.93. The Labute approximate surface area is 160 Å². The topological polar surface area (TPSA) is 37.3 Å². The molecule has 1 saturated carbocycles. The molecule has 1 N–H and O–H groups in total. The van der Waals surface area contributed by atoms with Gasteiger partial charge < -0.3 is 5.11 Å². The lowest BCUT2D eigenvalue weighted by Crippen LogP contribution is -2.14. The number of aryl methyl sites for hydroxylation is 3. The van der Waals surface area contributed by atoms with Gasteiger partial charge in [-0.25, -0.2) is 0 Å². The van der Waals surface area contributed by atoms with Crippen molar-refractivity contribution in [2.45, 2.75) is 98.8 Å². The number of hydrogen-bond donors (Lipinski definition) is 1. The van der Waals surface area contributed by atoms with Crippen LogP contribution >= 0.6 is 0 Å². The Morgan fingerprint density at radius 2 is 1.69 bits per heavy atom. The van der Waals surface area contributed by atoms with Gasteiger partial charge >= 0.3 is 5.97 Å². The number of carboxylic acids is 1. The van der Waals surface area contributed by atoms with Crippen LogP contribution in [-0.2, 0) is 17.6 Å². The molecule has 0 heterocycles. The predicted molar refractivity (Wildman–Crippen MR) is 110 cm³/mol. The monoisotopic (exact) mass is 358 g/mol. The number of rotatable bonds is 10. The molecule has 0 radical (unpaired) electrons. The van der Waals surface area contributed by atoms with Gasteiger partial charge in [-0.1, -0.05) is 51.3 Å². The zero-order valence-electron chi connectivity index (χ0n) is 17.6. The summed E-state index contributed by atoms with van der Waals surface area (Å²) in [5, 5.41) is 9.31. The van der Waals surface area contributed by atoms with Crippen molar-refractivity contribution < 1.29 is 9.90 Å². The van der Waals surface area contributed by atoms with Gasteiger partial charge in [0, 0.05) is 0 Å². The molecule has 1 aromatic carbocycles. The zero-order valence-corrected chi connectivity index (χ0v) is 17.6. The Hall–Kier alpha value is -1.31. The highest BCUT2D eigenvalue weighted by Gasteiger charge is 2.49. The third kappa shape index (κ3) is 6.14. The minimum absolute atomic E-state index is 0.363. The summed E-state index contributed by atoms with van der Waals surface area (Å²) in [6.45, 7) is 11.4. The molecule has 26 heavy (non-hydrogen) atoms. The standard InChI is InChI=1S/C24H38O2/c1-18-16-19(2)21(11-7-8-12-23(3,4)5)20(17-18)10-6-9-13-24(14-15-24)22(25)26/h16-17H,6-15H2,1-5H3,(H,25,26). The quantitative estimate of drug-likeness (QED) is 0.476. The maximum atomic E-state index is 11.3. The fourth-order valence-electron chi connectivity index (χ4n) is 4.12. The highest BCUT2D eigenvalue weighted by Crippen LogP contribution is 2.50. The smallest absolute Gasteiger partial charge is 0.309 e. The van der Waals surface area contributed by atoms with Crippen LogP contribution < -0.4 is 0 Å². The lowest BCUT2D eigenvalue weighted by molar-refractivity contribution is -0.143. The molecule has 2 rings (SSSR count). The molecule has 1 aromatic rings.